The lowest BCUT2D eigenvalue weighted by Gasteiger charge is -2.12. The van der Waals surface area contributed by atoms with Crippen molar-refractivity contribution in [2.24, 2.45) is 0 Å². The molecule has 1 aromatic heterocycles. The molecule has 3 aromatic carbocycles. The molecule has 0 spiro atoms. The third-order valence-corrected chi connectivity index (χ3v) is 5.87. The van der Waals surface area contributed by atoms with E-state index < -0.39 is 0 Å². The van der Waals surface area contributed by atoms with E-state index >= 15 is 0 Å². The molecule has 0 aliphatic heterocycles. The Hall–Kier alpha value is -3.71. The highest BCUT2D eigenvalue weighted by Crippen LogP contribution is 2.27. The zero-order valence-corrected chi connectivity index (χ0v) is 20.5. The molecule has 0 unspecified atom stereocenters. The zero-order valence-electron chi connectivity index (χ0n) is 19.8. The molecular formula is C27H28ClN3O4. The van der Waals surface area contributed by atoms with Gasteiger partial charge in [0.1, 0.15) is 11.6 Å². The van der Waals surface area contributed by atoms with Crippen molar-refractivity contribution in [3.05, 3.63) is 83.1 Å². The van der Waals surface area contributed by atoms with Crippen LogP contribution in [0.15, 0.2) is 66.7 Å². The number of nitrogens with one attached hydrogen (secondary N) is 1. The standard InChI is InChI=1S/C27H28ClN3O4/c1-33-24-13-8-19(18-25(24)34-2)27(32)29-15-14-26-30-22-6-3-4-7-23(22)31(26)16-5-17-35-21-11-9-20(28)10-12-21/h3-4,6-13,18H,5,14-17H2,1-2H3,(H,29,32). The predicted molar refractivity (Wildman–Crippen MR) is 137 cm³/mol. The number of nitrogens with zero attached hydrogens (tertiary/aromatic N) is 2. The van der Waals surface area contributed by atoms with Gasteiger partial charge in [-0.05, 0) is 61.0 Å². The van der Waals surface area contributed by atoms with Crippen molar-refractivity contribution < 1.29 is 19.0 Å². The Labute approximate surface area is 209 Å². The average molecular weight is 494 g/mol. The van der Waals surface area contributed by atoms with Crippen LogP contribution in [0.4, 0.5) is 0 Å². The molecule has 0 radical (unpaired) electrons. The maximum Gasteiger partial charge on any atom is 0.251 e. The zero-order chi connectivity index (χ0) is 24.6. The van der Waals surface area contributed by atoms with Crippen molar-refractivity contribution in [3.8, 4) is 17.2 Å². The molecule has 182 valence electrons. The second-order valence-electron chi connectivity index (χ2n) is 7.90. The highest BCUT2D eigenvalue weighted by atomic mass is 35.5. The molecule has 4 rings (SSSR count). The monoisotopic (exact) mass is 493 g/mol. The Morgan fingerprint density at radius 1 is 1.00 bits per heavy atom. The van der Waals surface area contributed by atoms with Crippen LogP contribution in [0.3, 0.4) is 0 Å². The number of methoxy groups -OCH3 is 2. The third kappa shape index (κ3) is 6.05. The van der Waals surface area contributed by atoms with Crippen LogP contribution in [-0.2, 0) is 13.0 Å². The second kappa shape index (κ2) is 11.6. The van der Waals surface area contributed by atoms with Crippen LogP contribution in [0, 0.1) is 0 Å². The van der Waals surface area contributed by atoms with E-state index in [0.29, 0.717) is 41.7 Å². The number of imidazole rings is 1. The summed E-state index contributed by atoms with van der Waals surface area (Å²) < 4.78 is 18.6. The van der Waals surface area contributed by atoms with Crippen molar-refractivity contribution in [1.82, 2.24) is 14.9 Å². The molecule has 1 heterocycles. The number of rotatable bonds is 11. The van der Waals surface area contributed by atoms with Gasteiger partial charge in [0, 0.05) is 30.1 Å². The lowest BCUT2D eigenvalue weighted by atomic mass is 10.2. The van der Waals surface area contributed by atoms with Gasteiger partial charge in [-0.3, -0.25) is 4.79 Å². The SMILES string of the molecule is COc1ccc(C(=O)NCCc2nc3ccccc3n2CCCOc2ccc(Cl)cc2)cc1OC. The van der Waals surface area contributed by atoms with E-state index in [1.165, 1.54) is 0 Å². The van der Waals surface area contributed by atoms with Crippen LogP contribution in [0.5, 0.6) is 17.2 Å². The van der Waals surface area contributed by atoms with Gasteiger partial charge in [-0.15, -0.1) is 0 Å². The number of aryl methyl sites for hydroxylation is 1. The summed E-state index contributed by atoms with van der Waals surface area (Å²) in [5, 5.41) is 3.66. The van der Waals surface area contributed by atoms with Crippen LogP contribution < -0.4 is 19.5 Å². The summed E-state index contributed by atoms with van der Waals surface area (Å²) in [6.07, 6.45) is 1.42. The van der Waals surface area contributed by atoms with Gasteiger partial charge in [0.05, 0.1) is 31.9 Å². The Morgan fingerprint density at radius 2 is 1.77 bits per heavy atom. The molecule has 7 nitrogen and oxygen atoms in total. The average Bonchev–Trinajstić information content (AvgIpc) is 3.24. The van der Waals surface area contributed by atoms with E-state index in [1.54, 1.807) is 32.4 Å². The molecule has 0 atom stereocenters. The molecule has 0 fully saturated rings. The van der Waals surface area contributed by atoms with E-state index in [4.69, 9.17) is 30.8 Å². The largest absolute Gasteiger partial charge is 0.494 e. The number of para-hydroxylation sites is 2. The second-order valence-corrected chi connectivity index (χ2v) is 8.34. The van der Waals surface area contributed by atoms with Crippen LogP contribution >= 0.6 is 11.6 Å². The highest BCUT2D eigenvalue weighted by Gasteiger charge is 2.13. The first-order valence-corrected chi connectivity index (χ1v) is 11.8. The third-order valence-electron chi connectivity index (χ3n) is 5.62. The number of fused-ring (bicyclic) bond motifs is 1. The molecule has 4 aromatic rings. The van der Waals surface area contributed by atoms with Gasteiger partial charge in [-0.25, -0.2) is 4.98 Å². The molecule has 0 aliphatic carbocycles. The topological polar surface area (TPSA) is 74.6 Å². The van der Waals surface area contributed by atoms with Gasteiger partial charge in [0.15, 0.2) is 11.5 Å². The lowest BCUT2D eigenvalue weighted by molar-refractivity contribution is 0.0953. The van der Waals surface area contributed by atoms with Crippen LogP contribution in [0.1, 0.15) is 22.6 Å². The highest BCUT2D eigenvalue weighted by molar-refractivity contribution is 6.30. The quantitative estimate of drug-likeness (QED) is 0.292. The van der Waals surface area contributed by atoms with E-state index in [1.807, 2.05) is 42.5 Å². The molecule has 35 heavy (non-hydrogen) atoms. The summed E-state index contributed by atoms with van der Waals surface area (Å²) in [6.45, 7) is 1.79. The summed E-state index contributed by atoms with van der Waals surface area (Å²) in [7, 11) is 3.11. The van der Waals surface area contributed by atoms with Gasteiger partial charge in [0.25, 0.3) is 5.91 Å². The summed E-state index contributed by atoms with van der Waals surface area (Å²) in [6, 6.07) is 20.5. The number of benzene rings is 3. The maximum absolute atomic E-state index is 12.7. The smallest absolute Gasteiger partial charge is 0.251 e. The number of halogens is 1. The van der Waals surface area contributed by atoms with Crippen LogP contribution in [-0.4, -0.2) is 42.8 Å². The lowest BCUT2D eigenvalue weighted by Crippen LogP contribution is -2.26. The fourth-order valence-electron chi connectivity index (χ4n) is 3.88. The summed E-state index contributed by atoms with van der Waals surface area (Å²) in [5.41, 5.74) is 2.52. The first-order valence-electron chi connectivity index (χ1n) is 11.4. The van der Waals surface area contributed by atoms with Gasteiger partial charge >= 0.3 is 0 Å². The molecule has 0 saturated carbocycles. The van der Waals surface area contributed by atoms with Crippen molar-refractivity contribution in [2.45, 2.75) is 19.4 Å². The Balaban J connectivity index is 1.37. The minimum atomic E-state index is -0.176. The number of ether oxygens (including phenoxy) is 3. The van der Waals surface area contributed by atoms with Gasteiger partial charge in [-0.1, -0.05) is 23.7 Å². The number of carbonyl (C=O) groups excluding carboxylic acids is 1. The Kier molecular flexibility index (Phi) is 8.11. The van der Waals surface area contributed by atoms with Gasteiger partial charge in [-0.2, -0.15) is 0 Å². The van der Waals surface area contributed by atoms with Crippen molar-refractivity contribution in [1.29, 1.82) is 0 Å². The Bertz CT molecular complexity index is 1290. The maximum atomic E-state index is 12.7. The first-order chi connectivity index (χ1) is 17.1. The fraction of sp³-hybridized carbons (Fsp3) is 0.259. The predicted octanol–water partition coefficient (Wildman–Crippen LogP) is 5.15. The summed E-state index contributed by atoms with van der Waals surface area (Å²) in [4.78, 5) is 17.5. The van der Waals surface area contributed by atoms with Crippen molar-refractivity contribution in [3.63, 3.8) is 0 Å². The normalized spacial score (nSPS) is 10.8. The summed E-state index contributed by atoms with van der Waals surface area (Å²) >= 11 is 5.93. The molecule has 0 bridgehead atoms. The van der Waals surface area contributed by atoms with Gasteiger partial charge in [0.2, 0.25) is 0 Å². The minimum absolute atomic E-state index is 0.176. The Morgan fingerprint density at radius 3 is 2.54 bits per heavy atom. The fourth-order valence-corrected chi connectivity index (χ4v) is 4.00. The molecular weight excluding hydrogens is 466 g/mol. The minimum Gasteiger partial charge on any atom is -0.494 e. The molecule has 1 N–H and O–H groups in total. The number of carbonyl (C=O) groups is 1. The number of amides is 1. The number of aromatic nitrogens is 2. The van der Waals surface area contributed by atoms with E-state index in [0.717, 1.165) is 35.6 Å². The molecule has 8 heteroatoms. The van der Waals surface area contributed by atoms with Crippen molar-refractivity contribution >= 4 is 28.5 Å². The molecule has 1 amide bonds. The number of hydrogen-bond donors (Lipinski definition) is 1. The van der Waals surface area contributed by atoms with Gasteiger partial charge < -0.3 is 24.1 Å². The van der Waals surface area contributed by atoms with E-state index in [-0.39, 0.29) is 5.91 Å². The number of hydrogen-bond acceptors (Lipinski definition) is 5. The van der Waals surface area contributed by atoms with Crippen molar-refractivity contribution in [2.75, 3.05) is 27.4 Å². The summed E-state index contributed by atoms with van der Waals surface area (Å²) in [5.74, 6) is 2.64. The van der Waals surface area contributed by atoms with E-state index in [2.05, 4.69) is 16.0 Å². The van der Waals surface area contributed by atoms with E-state index in [9.17, 15) is 4.79 Å². The molecule has 0 aliphatic rings. The van der Waals surface area contributed by atoms with Crippen LogP contribution in [0.2, 0.25) is 5.02 Å². The molecule has 0 saturated heterocycles. The van der Waals surface area contributed by atoms with Crippen LogP contribution in [0.25, 0.3) is 11.0 Å². The first kappa shape index (κ1) is 24.4.